The molecule has 0 aromatic heterocycles. The summed E-state index contributed by atoms with van der Waals surface area (Å²) in [6.45, 7) is 3.10. The molecule has 7 heteroatoms. The van der Waals surface area contributed by atoms with E-state index in [2.05, 4.69) is 4.90 Å². The van der Waals surface area contributed by atoms with Crippen molar-refractivity contribution in [2.24, 2.45) is 0 Å². The van der Waals surface area contributed by atoms with Crippen LogP contribution < -0.4 is 10.2 Å². The van der Waals surface area contributed by atoms with Gasteiger partial charge in [0, 0.05) is 37.1 Å². The molecular weight excluding hydrogens is 418 g/mol. The summed E-state index contributed by atoms with van der Waals surface area (Å²) in [7, 11) is 2.05. The van der Waals surface area contributed by atoms with Crippen LogP contribution in [-0.2, 0) is 4.79 Å². The average molecular weight is 446 g/mol. The predicted molar refractivity (Wildman–Crippen MR) is 127 cm³/mol. The van der Waals surface area contributed by atoms with E-state index in [0.717, 1.165) is 35.2 Å². The maximum absolute atomic E-state index is 13.4. The molecule has 0 saturated carbocycles. The summed E-state index contributed by atoms with van der Waals surface area (Å²) in [4.78, 5) is 29.0. The van der Waals surface area contributed by atoms with Crippen molar-refractivity contribution < 1.29 is 19.5 Å². The van der Waals surface area contributed by atoms with Crippen molar-refractivity contribution in [2.45, 2.75) is 0 Å². The molecule has 1 aliphatic heterocycles. The van der Waals surface area contributed by atoms with Crippen molar-refractivity contribution in [1.29, 1.82) is 0 Å². The van der Waals surface area contributed by atoms with Crippen LogP contribution in [0.5, 0.6) is 5.75 Å². The molecule has 0 unspecified atom stereocenters. The first-order chi connectivity index (χ1) is 16.0. The highest BCUT2D eigenvalue weighted by atomic mass is 16.5. The Morgan fingerprint density at radius 2 is 1.67 bits per heavy atom. The van der Waals surface area contributed by atoms with Crippen LogP contribution in [0, 0.1) is 0 Å². The van der Waals surface area contributed by atoms with Crippen LogP contribution in [0.25, 0.3) is 16.8 Å². The van der Waals surface area contributed by atoms with Gasteiger partial charge < -0.3 is 14.5 Å². The molecule has 3 aromatic rings. The lowest BCUT2D eigenvalue weighted by atomic mass is 10.1. The number of benzene rings is 3. The molecule has 1 heterocycles. The second-order valence-electron chi connectivity index (χ2n) is 8.09. The molecule has 170 valence electrons. The summed E-state index contributed by atoms with van der Waals surface area (Å²) in [5.41, 5.74) is 3.25. The number of piperazine rings is 1. The molecule has 33 heavy (non-hydrogen) atoms. The number of fused-ring (bicyclic) bond motifs is 1. The van der Waals surface area contributed by atoms with Crippen molar-refractivity contribution in [1.82, 2.24) is 15.3 Å². The highest BCUT2D eigenvalue weighted by Gasteiger charge is 2.23. The molecule has 0 aliphatic carbocycles. The fourth-order valence-electron chi connectivity index (χ4n) is 3.85. The van der Waals surface area contributed by atoms with Crippen molar-refractivity contribution in [2.75, 3.05) is 39.8 Å². The summed E-state index contributed by atoms with van der Waals surface area (Å²) in [6.07, 6.45) is 1.80. The first-order valence-corrected chi connectivity index (χ1v) is 10.9. The highest BCUT2D eigenvalue weighted by Crippen LogP contribution is 2.26. The van der Waals surface area contributed by atoms with E-state index in [1.807, 2.05) is 54.4 Å². The molecule has 0 atom stereocenters. The van der Waals surface area contributed by atoms with Crippen LogP contribution in [0.15, 0.2) is 72.3 Å². The number of hydrogen-bond donors (Lipinski definition) is 2. The average Bonchev–Trinajstić information content (AvgIpc) is 2.86. The van der Waals surface area contributed by atoms with Crippen LogP contribution in [-0.4, -0.2) is 66.7 Å². The molecule has 2 amide bonds. The van der Waals surface area contributed by atoms with E-state index >= 15 is 0 Å². The summed E-state index contributed by atoms with van der Waals surface area (Å²) < 4.78 is 6.14. The van der Waals surface area contributed by atoms with E-state index < -0.39 is 5.91 Å². The number of carbonyl (C=O) groups excluding carboxylic acids is 2. The van der Waals surface area contributed by atoms with E-state index in [1.54, 1.807) is 35.8 Å². The number of nitrogens with zero attached hydrogens (tertiary/aromatic N) is 2. The molecule has 2 N–H and O–H groups in total. The van der Waals surface area contributed by atoms with Crippen molar-refractivity contribution in [3.8, 4) is 5.75 Å². The van der Waals surface area contributed by atoms with Gasteiger partial charge in [0.2, 0.25) is 0 Å². The number of nitrogens with one attached hydrogen (secondary N) is 1. The maximum atomic E-state index is 13.4. The van der Waals surface area contributed by atoms with Crippen molar-refractivity contribution >= 4 is 28.7 Å². The number of hydroxylamine groups is 1. The van der Waals surface area contributed by atoms with E-state index in [4.69, 9.17) is 9.94 Å². The van der Waals surface area contributed by atoms with E-state index in [0.29, 0.717) is 24.2 Å². The molecule has 3 aromatic carbocycles. The van der Waals surface area contributed by atoms with Gasteiger partial charge in [-0.15, -0.1) is 0 Å². The Morgan fingerprint density at radius 3 is 2.39 bits per heavy atom. The number of likely N-dealkylation sites (N-methyl/N-ethyl adjacent to an activating group) is 1. The zero-order valence-electron chi connectivity index (χ0n) is 18.5. The standard InChI is InChI=1S/C26H27N3O4/c1-28-13-15-29(16-14-28)26(31)22(17-19-9-11-21(12-10-19)25(30)27-32)18-33-24-8-4-6-20-5-2-3-7-23(20)24/h2-12,17,32H,13-16,18H2,1H3,(H,27,30)/b22-17+. The monoisotopic (exact) mass is 445 g/mol. The Kier molecular flexibility index (Phi) is 7.02. The smallest absolute Gasteiger partial charge is 0.274 e. The van der Waals surface area contributed by atoms with Crippen molar-refractivity contribution in [3.05, 3.63) is 83.4 Å². The fraction of sp³-hybridized carbons (Fsp3) is 0.231. The Balaban J connectivity index is 1.60. The summed E-state index contributed by atoms with van der Waals surface area (Å²) >= 11 is 0. The number of rotatable bonds is 6. The second kappa shape index (κ2) is 10.3. The minimum atomic E-state index is -0.585. The third-order valence-corrected chi connectivity index (χ3v) is 5.81. The molecule has 7 nitrogen and oxygen atoms in total. The van der Waals surface area contributed by atoms with Gasteiger partial charge in [-0.2, -0.15) is 0 Å². The van der Waals surface area contributed by atoms with Crippen LogP contribution in [0.2, 0.25) is 0 Å². The third-order valence-electron chi connectivity index (χ3n) is 5.81. The van der Waals surface area contributed by atoms with Crippen LogP contribution >= 0.6 is 0 Å². The molecular formula is C26H27N3O4. The fourth-order valence-corrected chi connectivity index (χ4v) is 3.85. The number of hydrogen-bond acceptors (Lipinski definition) is 5. The quantitative estimate of drug-likeness (QED) is 0.346. The maximum Gasteiger partial charge on any atom is 0.274 e. The molecule has 0 radical (unpaired) electrons. The lowest BCUT2D eigenvalue weighted by Gasteiger charge is -2.33. The Hall–Kier alpha value is -3.68. The number of carbonyl (C=O) groups is 2. The first kappa shape index (κ1) is 22.5. The SMILES string of the molecule is CN1CCN(C(=O)/C(=C/c2ccc(C(=O)NO)cc2)COc2cccc3ccccc23)CC1. The van der Waals surface area contributed by atoms with Gasteiger partial charge in [-0.3, -0.25) is 14.8 Å². The highest BCUT2D eigenvalue weighted by molar-refractivity contribution is 5.99. The molecule has 1 saturated heterocycles. The minimum absolute atomic E-state index is 0.0551. The summed E-state index contributed by atoms with van der Waals surface area (Å²) in [6, 6.07) is 20.5. The lowest BCUT2D eigenvalue weighted by molar-refractivity contribution is -0.128. The Labute approximate surface area is 192 Å². The van der Waals surface area contributed by atoms with Gasteiger partial charge in [-0.05, 0) is 42.3 Å². The van der Waals surface area contributed by atoms with Gasteiger partial charge in [-0.1, -0.05) is 48.5 Å². The lowest BCUT2D eigenvalue weighted by Crippen LogP contribution is -2.48. The normalized spacial score (nSPS) is 14.8. The minimum Gasteiger partial charge on any atom is -0.488 e. The second-order valence-corrected chi connectivity index (χ2v) is 8.09. The van der Waals surface area contributed by atoms with Gasteiger partial charge in [-0.25, -0.2) is 5.48 Å². The number of ether oxygens (including phenoxy) is 1. The third kappa shape index (κ3) is 5.39. The van der Waals surface area contributed by atoms with Crippen LogP contribution in [0.4, 0.5) is 0 Å². The van der Waals surface area contributed by atoms with Crippen LogP contribution in [0.3, 0.4) is 0 Å². The molecule has 0 spiro atoms. The summed E-state index contributed by atoms with van der Waals surface area (Å²) in [5, 5.41) is 10.9. The van der Waals surface area contributed by atoms with Gasteiger partial charge >= 0.3 is 0 Å². The zero-order valence-corrected chi connectivity index (χ0v) is 18.5. The predicted octanol–water partition coefficient (Wildman–Crippen LogP) is 3.20. The van der Waals surface area contributed by atoms with Crippen molar-refractivity contribution in [3.63, 3.8) is 0 Å². The first-order valence-electron chi connectivity index (χ1n) is 10.9. The molecule has 1 aliphatic rings. The van der Waals surface area contributed by atoms with E-state index in [-0.39, 0.29) is 12.5 Å². The Morgan fingerprint density at radius 1 is 0.970 bits per heavy atom. The van der Waals surface area contributed by atoms with Crippen LogP contribution in [0.1, 0.15) is 15.9 Å². The molecule has 0 bridgehead atoms. The van der Waals surface area contributed by atoms with E-state index in [9.17, 15) is 9.59 Å². The topological polar surface area (TPSA) is 82.1 Å². The van der Waals surface area contributed by atoms with Gasteiger partial charge in [0.25, 0.3) is 11.8 Å². The Bertz CT molecular complexity index is 1160. The van der Waals surface area contributed by atoms with Gasteiger partial charge in [0.1, 0.15) is 12.4 Å². The summed E-state index contributed by atoms with van der Waals surface area (Å²) in [5.74, 6) is 0.0826. The zero-order chi connectivity index (χ0) is 23.2. The van der Waals surface area contributed by atoms with E-state index in [1.165, 1.54) is 0 Å². The molecule has 1 fully saturated rings. The largest absolute Gasteiger partial charge is 0.488 e. The number of amides is 2. The molecule has 4 rings (SSSR count). The van der Waals surface area contributed by atoms with Gasteiger partial charge in [0.05, 0.1) is 5.57 Å². The van der Waals surface area contributed by atoms with Gasteiger partial charge in [0.15, 0.2) is 0 Å².